The van der Waals surface area contributed by atoms with E-state index in [1.165, 1.54) is 7.11 Å². The summed E-state index contributed by atoms with van der Waals surface area (Å²) >= 11 is 0. The fraction of sp³-hybridized carbons (Fsp3) is 0.455. The fourth-order valence-corrected chi connectivity index (χ4v) is 1.26. The average Bonchev–Trinajstić information content (AvgIpc) is 2.35. The van der Waals surface area contributed by atoms with Crippen molar-refractivity contribution in [1.29, 1.82) is 0 Å². The minimum absolute atomic E-state index is 0.201. The number of hydrogen-bond acceptors (Lipinski definition) is 5. The molecule has 0 radical (unpaired) electrons. The molecule has 5 nitrogen and oxygen atoms in total. The third-order valence-corrected chi connectivity index (χ3v) is 2.21. The highest BCUT2D eigenvalue weighted by molar-refractivity contribution is 5.75. The van der Waals surface area contributed by atoms with Crippen LogP contribution in [0.25, 0.3) is 0 Å². The molecule has 1 aromatic heterocycles. The summed E-state index contributed by atoms with van der Waals surface area (Å²) in [7, 11) is 2.96. The quantitative estimate of drug-likeness (QED) is 0.701. The Morgan fingerprint density at radius 2 is 2.19 bits per heavy atom. The SMILES string of the molecule is CCN(CC(=O)OC)c1ccc(OC)cn1. The minimum atomic E-state index is -0.278. The molecule has 0 saturated heterocycles. The molecule has 1 heterocycles. The van der Waals surface area contributed by atoms with Crippen molar-refractivity contribution in [2.24, 2.45) is 0 Å². The van der Waals surface area contributed by atoms with Gasteiger partial charge < -0.3 is 14.4 Å². The van der Waals surface area contributed by atoms with Gasteiger partial charge in [0.05, 0.1) is 20.4 Å². The Morgan fingerprint density at radius 1 is 1.44 bits per heavy atom. The lowest BCUT2D eigenvalue weighted by atomic mass is 10.4. The first-order chi connectivity index (χ1) is 7.71. The molecule has 0 N–H and O–H groups in total. The van der Waals surface area contributed by atoms with E-state index in [1.807, 2.05) is 24.0 Å². The number of pyridine rings is 1. The summed E-state index contributed by atoms with van der Waals surface area (Å²) in [5, 5.41) is 0. The lowest BCUT2D eigenvalue weighted by molar-refractivity contribution is -0.138. The smallest absolute Gasteiger partial charge is 0.325 e. The summed E-state index contributed by atoms with van der Waals surface area (Å²) < 4.78 is 9.63. The fourth-order valence-electron chi connectivity index (χ4n) is 1.26. The molecule has 0 atom stereocenters. The Hall–Kier alpha value is -1.78. The van der Waals surface area contributed by atoms with Gasteiger partial charge in [0.15, 0.2) is 0 Å². The molecule has 0 aromatic carbocycles. The van der Waals surface area contributed by atoms with Crippen molar-refractivity contribution < 1.29 is 14.3 Å². The zero-order chi connectivity index (χ0) is 12.0. The van der Waals surface area contributed by atoms with Crippen LogP contribution in [-0.2, 0) is 9.53 Å². The molecular weight excluding hydrogens is 208 g/mol. The number of likely N-dealkylation sites (N-methyl/N-ethyl adjacent to an activating group) is 1. The summed E-state index contributed by atoms with van der Waals surface area (Å²) in [6.07, 6.45) is 1.62. The van der Waals surface area contributed by atoms with Gasteiger partial charge in [0.2, 0.25) is 0 Å². The number of aromatic nitrogens is 1. The number of rotatable bonds is 5. The van der Waals surface area contributed by atoms with Crippen molar-refractivity contribution in [2.45, 2.75) is 6.92 Å². The monoisotopic (exact) mass is 224 g/mol. The lowest BCUT2D eigenvalue weighted by Gasteiger charge is -2.20. The lowest BCUT2D eigenvalue weighted by Crippen LogP contribution is -2.30. The van der Waals surface area contributed by atoms with Crippen LogP contribution in [0.2, 0.25) is 0 Å². The number of anilines is 1. The molecule has 88 valence electrons. The van der Waals surface area contributed by atoms with Crippen LogP contribution in [-0.4, -0.2) is 38.3 Å². The summed E-state index contributed by atoms with van der Waals surface area (Å²) in [6.45, 7) is 2.84. The zero-order valence-corrected chi connectivity index (χ0v) is 9.77. The van der Waals surface area contributed by atoms with Gasteiger partial charge in [0.25, 0.3) is 0 Å². The first-order valence-corrected chi connectivity index (χ1v) is 5.03. The molecule has 5 heteroatoms. The molecule has 1 aromatic rings. The van der Waals surface area contributed by atoms with E-state index in [9.17, 15) is 4.79 Å². The predicted molar refractivity (Wildman–Crippen MR) is 60.7 cm³/mol. The maximum Gasteiger partial charge on any atom is 0.325 e. The topological polar surface area (TPSA) is 51.7 Å². The highest BCUT2D eigenvalue weighted by Gasteiger charge is 2.10. The van der Waals surface area contributed by atoms with Crippen molar-refractivity contribution in [3.05, 3.63) is 18.3 Å². The largest absolute Gasteiger partial charge is 0.495 e. The number of ether oxygens (including phenoxy) is 2. The Bertz CT molecular complexity index is 338. The third kappa shape index (κ3) is 3.12. The molecule has 0 bridgehead atoms. The van der Waals surface area contributed by atoms with E-state index in [-0.39, 0.29) is 12.5 Å². The normalized spacial score (nSPS) is 9.69. The maximum absolute atomic E-state index is 11.2. The van der Waals surface area contributed by atoms with E-state index >= 15 is 0 Å². The Kier molecular flexibility index (Phi) is 4.57. The second-order valence-electron chi connectivity index (χ2n) is 3.15. The van der Waals surface area contributed by atoms with E-state index in [0.717, 1.165) is 5.82 Å². The highest BCUT2D eigenvalue weighted by Crippen LogP contribution is 2.15. The number of carbonyl (C=O) groups is 1. The molecule has 0 saturated carbocycles. The minimum Gasteiger partial charge on any atom is -0.495 e. The van der Waals surface area contributed by atoms with Gasteiger partial charge >= 0.3 is 5.97 Å². The molecule has 0 aliphatic rings. The molecule has 16 heavy (non-hydrogen) atoms. The molecule has 0 fully saturated rings. The number of methoxy groups -OCH3 is 2. The van der Waals surface area contributed by atoms with Crippen molar-refractivity contribution >= 4 is 11.8 Å². The van der Waals surface area contributed by atoms with Crippen LogP contribution in [0.4, 0.5) is 5.82 Å². The number of hydrogen-bond donors (Lipinski definition) is 0. The Balaban J connectivity index is 2.74. The Labute approximate surface area is 95.0 Å². The predicted octanol–water partition coefficient (Wildman–Crippen LogP) is 1.09. The van der Waals surface area contributed by atoms with Crippen LogP contribution in [0, 0.1) is 0 Å². The van der Waals surface area contributed by atoms with Gasteiger partial charge in [-0.05, 0) is 19.1 Å². The van der Waals surface area contributed by atoms with Crippen molar-refractivity contribution in [2.75, 3.05) is 32.2 Å². The first kappa shape index (κ1) is 12.3. The van der Waals surface area contributed by atoms with E-state index in [1.54, 1.807) is 13.3 Å². The van der Waals surface area contributed by atoms with E-state index in [4.69, 9.17) is 4.74 Å². The zero-order valence-electron chi connectivity index (χ0n) is 9.77. The molecule has 0 spiro atoms. The number of nitrogens with zero attached hydrogens (tertiary/aromatic N) is 2. The summed E-state index contributed by atoms with van der Waals surface area (Å²) in [5.41, 5.74) is 0. The van der Waals surface area contributed by atoms with Crippen LogP contribution < -0.4 is 9.64 Å². The molecular formula is C11H16N2O3. The van der Waals surface area contributed by atoms with Crippen molar-refractivity contribution in [3.8, 4) is 5.75 Å². The van der Waals surface area contributed by atoms with Gasteiger partial charge in [-0.2, -0.15) is 0 Å². The third-order valence-electron chi connectivity index (χ3n) is 2.21. The molecule has 0 aliphatic heterocycles. The van der Waals surface area contributed by atoms with Crippen LogP contribution in [0.1, 0.15) is 6.92 Å². The van der Waals surface area contributed by atoms with Crippen molar-refractivity contribution in [3.63, 3.8) is 0 Å². The van der Waals surface area contributed by atoms with Crippen molar-refractivity contribution in [1.82, 2.24) is 4.98 Å². The summed E-state index contributed by atoms with van der Waals surface area (Å²) in [6, 6.07) is 3.62. The summed E-state index contributed by atoms with van der Waals surface area (Å²) in [5.74, 6) is 1.14. The van der Waals surface area contributed by atoms with E-state index < -0.39 is 0 Å². The van der Waals surface area contributed by atoms with Gasteiger partial charge in [-0.1, -0.05) is 0 Å². The van der Waals surface area contributed by atoms with Gasteiger partial charge in [0, 0.05) is 6.54 Å². The second-order valence-corrected chi connectivity index (χ2v) is 3.15. The van der Waals surface area contributed by atoms with Gasteiger partial charge in [-0.25, -0.2) is 4.98 Å². The average molecular weight is 224 g/mol. The van der Waals surface area contributed by atoms with Crippen LogP contribution in [0.15, 0.2) is 18.3 Å². The first-order valence-electron chi connectivity index (χ1n) is 5.03. The van der Waals surface area contributed by atoms with Gasteiger partial charge in [0.1, 0.15) is 18.1 Å². The molecule has 0 aliphatic carbocycles. The van der Waals surface area contributed by atoms with Crippen LogP contribution in [0.3, 0.4) is 0 Å². The van der Waals surface area contributed by atoms with E-state index in [2.05, 4.69) is 9.72 Å². The van der Waals surface area contributed by atoms with Crippen LogP contribution in [0.5, 0.6) is 5.75 Å². The van der Waals surface area contributed by atoms with Gasteiger partial charge in [-0.15, -0.1) is 0 Å². The highest BCUT2D eigenvalue weighted by atomic mass is 16.5. The number of esters is 1. The molecule has 1 rings (SSSR count). The Morgan fingerprint density at radius 3 is 2.62 bits per heavy atom. The van der Waals surface area contributed by atoms with E-state index in [0.29, 0.717) is 12.3 Å². The standard InChI is InChI=1S/C11H16N2O3/c1-4-13(8-11(14)16-3)10-6-5-9(15-2)7-12-10/h5-7H,4,8H2,1-3H3. The van der Waals surface area contributed by atoms with Crippen LogP contribution >= 0.6 is 0 Å². The second kappa shape index (κ2) is 5.95. The van der Waals surface area contributed by atoms with Gasteiger partial charge in [-0.3, -0.25) is 4.79 Å². The number of carbonyl (C=O) groups excluding carboxylic acids is 1. The molecule has 0 amide bonds. The molecule has 0 unspecified atom stereocenters. The maximum atomic E-state index is 11.2. The summed E-state index contributed by atoms with van der Waals surface area (Å²) in [4.78, 5) is 17.2.